The summed E-state index contributed by atoms with van der Waals surface area (Å²) < 4.78 is 36.5. The van der Waals surface area contributed by atoms with E-state index >= 15 is 0 Å². The summed E-state index contributed by atoms with van der Waals surface area (Å²) in [4.78, 5) is 25.4. The van der Waals surface area contributed by atoms with Crippen molar-refractivity contribution >= 4 is 17.5 Å². The molecule has 0 bridgehead atoms. The van der Waals surface area contributed by atoms with Crippen molar-refractivity contribution in [2.24, 2.45) is 0 Å². The van der Waals surface area contributed by atoms with Crippen molar-refractivity contribution in [3.63, 3.8) is 0 Å². The Morgan fingerprint density at radius 2 is 1.62 bits per heavy atom. The summed E-state index contributed by atoms with van der Waals surface area (Å²) in [5.74, 6) is 4.15. The Balaban J connectivity index is 1.67. The van der Waals surface area contributed by atoms with E-state index in [0.717, 1.165) is 16.7 Å². The summed E-state index contributed by atoms with van der Waals surface area (Å²) in [6, 6.07) is 15.0. The number of unbranched alkanes of at least 4 members (excludes halogenated alkanes) is 1. The summed E-state index contributed by atoms with van der Waals surface area (Å²) in [5, 5.41) is 1.82. The Kier molecular flexibility index (Phi) is 6.23. The van der Waals surface area contributed by atoms with E-state index < -0.39 is 12.1 Å². The van der Waals surface area contributed by atoms with Crippen molar-refractivity contribution in [1.82, 2.24) is 5.32 Å². The van der Waals surface area contributed by atoms with Crippen LogP contribution in [0.5, 0.6) is 0 Å². The molecule has 0 radical (unpaired) electrons. The van der Waals surface area contributed by atoms with Gasteiger partial charge in [0.05, 0.1) is 12.2 Å². The second kappa shape index (κ2) is 8.82. The molecule has 1 heterocycles. The molecule has 3 rings (SSSR count). The molecule has 1 aliphatic rings. The molecule has 0 atom stereocenters. The summed E-state index contributed by atoms with van der Waals surface area (Å²) in [6.07, 6.45) is -4.09. The molecule has 0 spiro atoms. The first-order chi connectivity index (χ1) is 13.9. The smallest absolute Gasteiger partial charge is 0.348 e. The van der Waals surface area contributed by atoms with Gasteiger partial charge in [0, 0.05) is 24.1 Å². The predicted molar refractivity (Wildman–Crippen MR) is 103 cm³/mol. The number of carbonyl (C=O) groups excluding carboxylic acids is 2. The molecular weight excluding hydrogens is 381 g/mol. The van der Waals surface area contributed by atoms with Crippen LogP contribution in [-0.2, 0) is 16.1 Å². The normalized spacial score (nSPS) is 12.6. The van der Waals surface area contributed by atoms with Crippen LogP contribution in [0.2, 0.25) is 0 Å². The van der Waals surface area contributed by atoms with Crippen LogP contribution in [0, 0.1) is 11.8 Å². The number of anilines is 1. The number of benzene rings is 2. The standard InChI is InChI=1S/C22H19F3N2O2/c23-22(24,25)21(29)26-14-6-5-11-20(28)27-15-18-9-2-1-7-16(18)12-13-17-8-3-4-10-19(17)27/h1-4,7-10H,5-6,11,14-15H2,(H,26,29). The second-order valence-corrected chi connectivity index (χ2v) is 6.61. The molecule has 2 amide bonds. The second-order valence-electron chi connectivity index (χ2n) is 6.61. The van der Waals surface area contributed by atoms with Gasteiger partial charge in [0.2, 0.25) is 5.91 Å². The first-order valence-electron chi connectivity index (χ1n) is 9.20. The fourth-order valence-corrected chi connectivity index (χ4v) is 3.05. The van der Waals surface area contributed by atoms with Gasteiger partial charge < -0.3 is 10.2 Å². The van der Waals surface area contributed by atoms with Gasteiger partial charge in [-0.1, -0.05) is 42.2 Å². The van der Waals surface area contributed by atoms with E-state index in [4.69, 9.17) is 0 Å². The van der Waals surface area contributed by atoms with E-state index in [0.29, 0.717) is 18.7 Å². The zero-order chi connectivity index (χ0) is 20.9. The lowest BCUT2D eigenvalue weighted by Crippen LogP contribution is -2.37. The summed E-state index contributed by atoms with van der Waals surface area (Å²) >= 11 is 0. The molecule has 29 heavy (non-hydrogen) atoms. The van der Waals surface area contributed by atoms with Gasteiger partial charge in [-0.15, -0.1) is 0 Å². The highest BCUT2D eigenvalue weighted by atomic mass is 19.4. The molecule has 1 aliphatic heterocycles. The number of carbonyl (C=O) groups is 2. The lowest BCUT2D eigenvalue weighted by molar-refractivity contribution is -0.173. The van der Waals surface area contributed by atoms with E-state index in [2.05, 4.69) is 11.8 Å². The highest BCUT2D eigenvalue weighted by molar-refractivity contribution is 5.95. The van der Waals surface area contributed by atoms with Crippen molar-refractivity contribution in [3.8, 4) is 11.8 Å². The third kappa shape index (κ3) is 5.17. The molecule has 0 unspecified atom stereocenters. The van der Waals surface area contributed by atoms with Crippen molar-refractivity contribution in [2.75, 3.05) is 11.4 Å². The quantitative estimate of drug-likeness (QED) is 0.614. The number of para-hydroxylation sites is 1. The van der Waals surface area contributed by atoms with Crippen molar-refractivity contribution in [1.29, 1.82) is 0 Å². The van der Waals surface area contributed by atoms with Crippen LogP contribution in [0.3, 0.4) is 0 Å². The zero-order valence-corrected chi connectivity index (χ0v) is 15.6. The molecule has 0 saturated carbocycles. The van der Waals surface area contributed by atoms with Gasteiger partial charge in [-0.05, 0) is 36.6 Å². The van der Waals surface area contributed by atoms with Gasteiger partial charge in [-0.2, -0.15) is 13.2 Å². The van der Waals surface area contributed by atoms with Gasteiger partial charge in [-0.25, -0.2) is 0 Å². The molecule has 4 nitrogen and oxygen atoms in total. The molecule has 1 N–H and O–H groups in total. The first kappa shape index (κ1) is 20.5. The van der Waals surface area contributed by atoms with Gasteiger partial charge in [0.1, 0.15) is 0 Å². The van der Waals surface area contributed by atoms with Crippen LogP contribution in [0.15, 0.2) is 48.5 Å². The van der Waals surface area contributed by atoms with Crippen LogP contribution in [0.1, 0.15) is 36.0 Å². The van der Waals surface area contributed by atoms with Gasteiger partial charge in [-0.3, -0.25) is 9.59 Å². The van der Waals surface area contributed by atoms with Crippen LogP contribution in [-0.4, -0.2) is 24.5 Å². The van der Waals surface area contributed by atoms with Gasteiger partial charge in [0.15, 0.2) is 0 Å². The fourth-order valence-electron chi connectivity index (χ4n) is 3.05. The SMILES string of the molecule is O=C(CCCCNC(=O)C(F)(F)F)N1Cc2ccccc2C#Cc2ccccc21. The van der Waals surface area contributed by atoms with Crippen molar-refractivity contribution < 1.29 is 22.8 Å². The molecule has 2 aromatic carbocycles. The monoisotopic (exact) mass is 400 g/mol. The Labute approximate surface area is 166 Å². The number of nitrogens with zero attached hydrogens (tertiary/aromatic N) is 1. The van der Waals surface area contributed by atoms with E-state index in [1.54, 1.807) is 4.90 Å². The molecule has 2 aromatic rings. The lowest BCUT2D eigenvalue weighted by Gasteiger charge is -2.26. The van der Waals surface area contributed by atoms with Crippen LogP contribution < -0.4 is 10.2 Å². The predicted octanol–water partition coefficient (Wildman–Crippen LogP) is 3.78. The number of amides is 2. The van der Waals surface area contributed by atoms with Crippen molar-refractivity contribution in [2.45, 2.75) is 32.0 Å². The number of hydrogen-bond donors (Lipinski definition) is 1. The average molecular weight is 400 g/mol. The zero-order valence-electron chi connectivity index (χ0n) is 15.6. The summed E-state index contributed by atoms with van der Waals surface area (Å²) in [5.41, 5.74) is 3.24. The third-order valence-corrected chi connectivity index (χ3v) is 4.53. The number of rotatable bonds is 5. The van der Waals surface area contributed by atoms with E-state index in [9.17, 15) is 22.8 Å². The average Bonchev–Trinajstić information content (AvgIpc) is 2.68. The lowest BCUT2D eigenvalue weighted by atomic mass is 10.0. The number of nitrogens with one attached hydrogen (secondary N) is 1. The third-order valence-electron chi connectivity index (χ3n) is 4.53. The maximum absolute atomic E-state index is 12.9. The highest BCUT2D eigenvalue weighted by Crippen LogP contribution is 2.26. The minimum Gasteiger partial charge on any atom is -0.348 e. The Hall–Kier alpha value is -3.27. The van der Waals surface area contributed by atoms with Crippen LogP contribution in [0.4, 0.5) is 18.9 Å². The van der Waals surface area contributed by atoms with E-state index in [-0.39, 0.29) is 25.3 Å². The molecular formula is C22H19F3N2O2. The molecule has 0 fully saturated rings. The maximum atomic E-state index is 12.9. The first-order valence-corrected chi connectivity index (χ1v) is 9.20. The summed E-state index contributed by atoms with van der Waals surface area (Å²) in [6.45, 7) is 0.238. The van der Waals surface area contributed by atoms with E-state index in [1.807, 2.05) is 53.8 Å². The van der Waals surface area contributed by atoms with Gasteiger partial charge in [0.25, 0.3) is 0 Å². The van der Waals surface area contributed by atoms with Crippen LogP contribution in [0.25, 0.3) is 0 Å². The highest BCUT2D eigenvalue weighted by Gasteiger charge is 2.38. The molecule has 150 valence electrons. The number of halogens is 3. The fraction of sp³-hybridized carbons (Fsp3) is 0.273. The Bertz CT molecular complexity index is 974. The van der Waals surface area contributed by atoms with E-state index in [1.165, 1.54) is 0 Å². The molecule has 0 aliphatic carbocycles. The minimum atomic E-state index is -4.89. The number of hydrogen-bond acceptors (Lipinski definition) is 2. The molecule has 7 heteroatoms. The van der Waals surface area contributed by atoms with Crippen molar-refractivity contribution in [3.05, 3.63) is 65.2 Å². The topological polar surface area (TPSA) is 49.4 Å². The number of fused-ring (bicyclic) bond motifs is 2. The summed E-state index contributed by atoms with van der Waals surface area (Å²) in [7, 11) is 0. The minimum absolute atomic E-state index is 0.128. The maximum Gasteiger partial charge on any atom is 0.471 e. The largest absolute Gasteiger partial charge is 0.471 e. The van der Waals surface area contributed by atoms with Crippen LogP contribution >= 0.6 is 0 Å². The number of alkyl halides is 3. The van der Waals surface area contributed by atoms with Gasteiger partial charge >= 0.3 is 12.1 Å². The Morgan fingerprint density at radius 3 is 2.38 bits per heavy atom. The molecule has 0 saturated heterocycles. The molecule has 0 aromatic heterocycles. The Morgan fingerprint density at radius 1 is 0.966 bits per heavy atom.